The van der Waals surface area contributed by atoms with Gasteiger partial charge in [0.1, 0.15) is 0 Å². The van der Waals surface area contributed by atoms with E-state index in [-0.39, 0.29) is 22.0 Å². The predicted molar refractivity (Wildman–Crippen MR) is 86.9 cm³/mol. The Morgan fingerprint density at radius 3 is 2.30 bits per heavy atom. The van der Waals surface area contributed by atoms with Gasteiger partial charge in [-0.15, -0.1) is 0 Å². The van der Waals surface area contributed by atoms with Crippen LogP contribution in [0.25, 0.3) is 0 Å². The van der Waals surface area contributed by atoms with Crippen LogP contribution in [0.2, 0.25) is 0 Å². The first-order valence-electron chi connectivity index (χ1n) is 7.07. The highest BCUT2D eigenvalue weighted by Gasteiger charge is 2.27. The van der Waals surface area contributed by atoms with Crippen molar-refractivity contribution in [1.29, 1.82) is 0 Å². The van der Waals surface area contributed by atoms with Crippen LogP contribution in [0.15, 0.2) is 58.3 Å². The van der Waals surface area contributed by atoms with Crippen molar-refractivity contribution in [3.05, 3.63) is 54.1 Å². The molecule has 0 aromatic heterocycles. The summed E-state index contributed by atoms with van der Waals surface area (Å²) in [6.07, 6.45) is -0.327. The number of hydrogen-bond acceptors (Lipinski definition) is 5. The second-order valence-corrected chi connectivity index (χ2v) is 7.46. The third-order valence-corrected chi connectivity index (χ3v) is 5.44. The molecule has 0 aliphatic carbocycles. The molecule has 1 atom stereocenters. The van der Waals surface area contributed by atoms with Crippen LogP contribution < -0.4 is 10.6 Å². The molecule has 1 heterocycles. The maximum absolute atomic E-state index is 12.6. The number of hydrogen-bond donors (Lipinski definition) is 2. The van der Waals surface area contributed by atoms with E-state index in [4.69, 9.17) is 0 Å². The van der Waals surface area contributed by atoms with Gasteiger partial charge in [0.2, 0.25) is 9.84 Å². The number of nitrogens with zero attached hydrogens (tertiary/aromatic N) is 1. The minimum absolute atomic E-state index is 0.0997. The molecule has 0 saturated carbocycles. The lowest BCUT2D eigenvalue weighted by molar-refractivity contribution is 0.0894. The van der Waals surface area contributed by atoms with Crippen LogP contribution in [0, 0.1) is 0 Å². The number of carbonyl (C=O) groups excluding carboxylic acids is 1. The maximum Gasteiger partial charge on any atom is 0.256 e. The Hall–Kier alpha value is -2.38. The zero-order valence-corrected chi connectivity index (χ0v) is 13.6. The van der Waals surface area contributed by atoms with Gasteiger partial charge in [0.15, 0.2) is 6.29 Å². The monoisotopic (exact) mass is 331 g/mol. The molecular weight excluding hydrogens is 314 g/mol. The van der Waals surface area contributed by atoms with E-state index in [9.17, 15) is 13.2 Å². The Morgan fingerprint density at radius 1 is 0.957 bits per heavy atom. The Morgan fingerprint density at radius 2 is 1.65 bits per heavy atom. The zero-order chi connectivity index (χ0) is 16.6. The number of amides is 1. The highest BCUT2D eigenvalue weighted by Crippen LogP contribution is 2.27. The summed E-state index contributed by atoms with van der Waals surface area (Å²) in [5.41, 5.74) is 0.930. The van der Waals surface area contributed by atoms with Gasteiger partial charge < -0.3 is 10.6 Å². The van der Waals surface area contributed by atoms with Gasteiger partial charge in [-0.25, -0.2) is 8.42 Å². The lowest BCUT2D eigenvalue weighted by atomic mass is 10.1. The normalized spacial score (nSPS) is 17.3. The van der Waals surface area contributed by atoms with Gasteiger partial charge in [-0.3, -0.25) is 9.69 Å². The first kappa shape index (κ1) is 15.5. The summed E-state index contributed by atoms with van der Waals surface area (Å²) in [5, 5.41) is 5.92. The Kier molecular flexibility index (Phi) is 3.83. The molecule has 1 aliphatic rings. The molecule has 0 bridgehead atoms. The second-order valence-electron chi connectivity index (χ2n) is 5.51. The minimum atomic E-state index is -3.64. The summed E-state index contributed by atoms with van der Waals surface area (Å²) < 4.78 is 25.3. The number of carbonyl (C=O) groups is 1. The molecule has 3 rings (SSSR count). The van der Waals surface area contributed by atoms with Crippen molar-refractivity contribution in [3.63, 3.8) is 0 Å². The molecule has 120 valence electrons. The molecule has 1 aliphatic heterocycles. The van der Waals surface area contributed by atoms with E-state index >= 15 is 0 Å². The van der Waals surface area contributed by atoms with Gasteiger partial charge in [0.05, 0.1) is 15.4 Å². The van der Waals surface area contributed by atoms with E-state index in [1.807, 2.05) is 19.0 Å². The van der Waals surface area contributed by atoms with Crippen molar-refractivity contribution in [1.82, 2.24) is 10.2 Å². The molecule has 2 aromatic carbocycles. The summed E-state index contributed by atoms with van der Waals surface area (Å²) in [6.45, 7) is 0. The van der Waals surface area contributed by atoms with Crippen LogP contribution >= 0.6 is 0 Å². The lowest BCUT2D eigenvalue weighted by Gasteiger charge is -2.32. The van der Waals surface area contributed by atoms with Crippen LogP contribution in [0.3, 0.4) is 0 Å². The van der Waals surface area contributed by atoms with Gasteiger partial charge >= 0.3 is 0 Å². The Labute approximate surface area is 135 Å². The summed E-state index contributed by atoms with van der Waals surface area (Å²) >= 11 is 0. The first-order chi connectivity index (χ1) is 10.9. The fourth-order valence-electron chi connectivity index (χ4n) is 2.38. The molecule has 0 fully saturated rings. The molecule has 2 N–H and O–H groups in total. The predicted octanol–water partition coefficient (Wildman–Crippen LogP) is 1.52. The number of rotatable bonds is 3. The van der Waals surface area contributed by atoms with Crippen LogP contribution in [0.5, 0.6) is 0 Å². The fourth-order valence-corrected chi connectivity index (χ4v) is 3.69. The zero-order valence-electron chi connectivity index (χ0n) is 12.8. The van der Waals surface area contributed by atoms with Gasteiger partial charge in [-0.1, -0.05) is 18.2 Å². The molecule has 6 nitrogen and oxygen atoms in total. The largest absolute Gasteiger partial charge is 0.352 e. The molecule has 0 spiro atoms. The first-order valence-corrected chi connectivity index (χ1v) is 8.56. The van der Waals surface area contributed by atoms with Crippen molar-refractivity contribution >= 4 is 21.4 Å². The van der Waals surface area contributed by atoms with E-state index in [0.717, 1.165) is 0 Å². The van der Waals surface area contributed by atoms with E-state index in [0.29, 0.717) is 11.3 Å². The molecule has 2 aromatic rings. The fraction of sp³-hybridized carbons (Fsp3) is 0.188. The maximum atomic E-state index is 12.6. The van der Waals surface area contributed by atoms with Gasteiger partial charge in [0.25, 0.3) is 5.91 Å². The summed E-state index contributed by atoms with van der Waals surface area (Å²) in [5.74, 6) is -0.303. The SMILES string of the molecule is CN(C)C1NC(=O)c2cc(S(=O)(=O)c3ccccc3)ccc2N1. The third kappa shape index (κ3) is 2.80. The van der Waals surface area contributed by atoms with Crippen molar-refractivity contribution in [2.24, 2.45) is 0 Å². The van der Waals surface area contributed by atoms with Gasteiger partial charge in [-0.05, 0) is 44.4 Å². The van der Waals surface area contributed by atoms with Crippen molar-refractivity contribution in [2.75, 3.05) is 19.4 Å². The quantitative estimate of drug-likeness (QED) is 0.891. The molecule has 0 radical (unpaired) electrons. The molecular formula is C16H17N3O3S. The number of fused-ring (bicyclic) bond motifs is 1. The van der Waals surface area contributed by atoms with Crippen LogP contribution in [0.1, 0.15) is 10.4 Å². The third-order valence-electron chi connectivity index (χ3n) is 3.68. The molecule has 1 amide bonds. The van der Waals surface area contributed by atoms with Gasteiger partial charge in [0, 0.05) is 5.69 Å². The van der Waals surface area contributed by atoms with Crippen molar-refractivity contribution in [2.45, 2.75) is 16.1 Å². The van der Waals surface area contributed by atoms with Crippen LogP contribution in [0.4, 0.5) is 5.69 Å². The molecule has 1 unspecified atom stereocenters. The highest BCUT2D eigenvalue weighted by molar-refractivity contribution is 7.91. The van der Waals surface area contributed by atoms with Crippen molar-refractivity contribution in [3.8, 4) is 0 Å². The van der Waals surface area contributed by atoms with E-state index in [1.165, 1.54) is 24.3 Å². The average Bonchev–Trinajstić information content (AvgIpc) is 2.55. The number of sulfone groups is 1. The Bertz CT molecular complexity index is 848. The van der Waals surface area contributed by atoms with E-state index in [2.05, 4.69) is 10.6 Å². The number of benzene rings is 2. The van der Waals surface area contributed by atoms with Crippen LogP contribution in [-0.4, -0.2) is 39.6 Å². The van der Waals surface area contributed by atoms with Gasteiger partial charge in [-0.2, -0.15) is 0 Å². The topological polar surface area (TPSA) is 78.5 Å². The summed E-state index contributed by atoms with van der Waals surface area (Å²) in [4.78, 5) is 14.4. The standard InChI is InChI=1S/C16H17N3O3S/c1-19(2)16-17-14-9-8-12(10-13(14)15(20)18-16)23(21,22)11-6-4-3-5-7-11/h3-10,16-17H,1-2H3,(H,18,20). The number of anilines is 1. The number of nitrogens with one attached hydrogen (secondary N) is 2. The minimum Gasteiger partial charge on any atom is -0.352 e. The molecule has 0 saturated heterocycles. The summed E-state index contributed by atoms with van der Waals surface area (Å²) in [6, 6.07) is 12.7. The highest BCUT2D eigenvalue weighted by atomic mass is 32.2. The van der Waals surface area contributed by atoms with E-state index in [1.54, 1.807) is 24.3 Å². The van der Waals surface area contributed by atoms with Crippen LogP contribution in [-0.2, 0) is 9.84 Å². The average molecular weight is 331 g/mol. The second kappa shape index (κ2) is 5.68. The Balaban J connectivity index is 2.03. The van der Waals surface area contributed by atoms with Crippen molar-refractivity contribution < 1.29 is 13.2 Å². The summed E-state index contributed by atoms with van der Waals surface area (Å²) in [7, 11) is 0.0171. The molecule has 23 heavy (non-hydrogen) atoms. The molecule has 7 heteroatoms. The lowest BCUT2D eigenvalue weighted by Crippen LogP contribution is -2.53. The smallest absolute Gasteiger partial charge is 0.256 e. The van der Waals surface area contributed by atoms with E-state index < -0.39 is 9.84 Å².